The van der Waals surface area contributed by atoms with Crippen molar-refractivity contribution in [1.29, 1.82) is 0 Å². The maximum Gasteiger partial charge on any atom is 0.186 e. The molecule has 5 heteroatoms. The van der Waals surface area contributed by atoms with Crippen LogP contribution in [0.4, 0.5) is 0 Å². The van der Waals surface area contributed by atoms with Crippen LogP contribution in [0.1, 0.15) is 99.3 Å². The lowest BCUT2D eigenvalue weighted by molar-refractivity contribution is 0.171. The molecule has 0 bridgehead atoms. The van der Waals surface area contributed by atoms with Gasteiger partial charge in [-0.25, -0.2) is 0 Å². The highest BCUT2D eigenvalue weighted by Gasteiger charge is 2.37. The van der Waals surface area contributed by atoms with E-state index < -0.39 is 8.32 Å². The van der Waals surface area contributed by atoms with Gasteiger partial charge in [-0.05, 0) is 141 Å². The number of nitrogens with zero attached hydrogens (tertiary/aromatic N) is 3. The van der Waals surface area contributed by atoms with E-state index in [1.165, 1.54) is 123 Å². The van der Waals surface area contributed by atoms with Gasteiger partial charge in [-0.3, -0.25) is 0 Å². The molecule has 0 rings (SSSR count). The predicted octanol–water partition coefficient (Wildman–Crippen LogP) is 7.36. The van der Waals surface area contributed by atoms with Crippen LogP contribution < -0.4 is 0 Å². The molecule has 0 aliphatic carbocycles. The zero-order chi connectivity index (χ0) is 25.9. The summed E-state index contributed by atoms with van der Waals surface area (Å²) in [7, 11) is 0.314. The zero-order valence-electron chi connectivity index (χ0n) is 25.2. The van der Waals surface area contributed by atoms with Gasteiger partial charge in [-0.1, -0.05) is 41.5 Å². The minimum absolute atomic E-state index is 0.439. The minimum atomic E-state index is -1.66. The molecule has 0 aromatic carbocycles. The van der Waals surface area contributed by atoms with Crippen molar-refractivity contribution in [3.8, 4) is 0 Å². The number of hydrogen-bond donors (Lipinski definition) is 0. The fourth-order valence-electron chi connectivity index (χ4n) is 5.88. The lowest BCUT2D eigenvalue weighted by Gasteiger charge is -2.40. The zero-order valence-corrected chi connectivity index (χ0v) is 26.2. The number of hydrogen-bond acceptors (Lipinski definition) is 4. The van der Waals surface area contributed by atoms with E-state index in [1.54, 1.807) is 0 Å². The van der Waals surface area contributed by atoms with E-state index in [9.17, 15) is 0 Å². The Morgan fingerprint density at radius 2 is 0.882 bits per heavy atom. The van der Waals surface area contributed by atoms with Crippen LogP contribution in [0.15, 0.2) is 0 Å². The molecule has 0 unspecified atom stereocenters. The van der Waals surface area contributed by atoms with E-state index in [2.05, 4.69) is 69.3 Å². The quantitative estimate of drug-likeness (QED) is 0.129. The van der Waals surface area contributed by atoms with Gasteiger partial charge in [0.25, 0.3) is 0 Å². The highest BCUT2D eigenvalue weighted by molar-refractivity contribution is 6.71. The first-order valence-corrected chi connectivity index (χ1v) is 18.1. The second-order valence-corrected chi connectivity index (χ2v) is 15.5. The van der Waals surface area contributed by atoms with Crippen molar-refractivity contribution in [2.75, 3.05) is 66.0 Å². The van der Waals surface area contributed by atoms with E-state index in [0.717, 1.165) is 0 Å². The van der Waals surface area contributed by atoms with Crippen LogP contribution in [0.2, 0.25) is 19.1 Å². The summed E-state index contributed by atoms with van der Waals surface area (Å²) in [5.74, 6) is 0. The summed E-state index contributed by atoms with van der Waals surface area (Å²) < 4.78 is 6.16. The van der Waals surface area contributed by atoms with Gasteiger partial charge in [0.05, 0.1) is 0 Å². The molecule has 0 spiro atoms. The lowest BCUT2D eigenvalue weighted by Crippen LogP contribution is -2.39. The van der Waals surface area contributed by atoms with Crippen molar-refractivity contribution < 1.29 is 4.43 Å². The van der Waals surface area contributed by atoms with Gasteiger partial charge in [0.2, 0.25) is 0 Å². The molecule has 34 heavy (non-hydrogen) atoms. The first kappa shape index (κ1) is 34.1. The van der Waals surface area contributed by atoms with Crippen LogP contribution in [0, 0.1) is 5.41 Å². The van der Waals surface area contributed by atoms with E-state index in [-0.39, 0.29) is 0 Å². The molecule has 0 fully saturated rings. The fraction of sp³-hybridized carbons (Fsp3) is 1.00. The molecule has 0 aliphatic rings. The van der Waals surface area contributed by atoms with Gasteiger partial charge in [-0.2, -0.15) is 0 Å². The third kappa shape index (κ3) is 15.2. The van der Waals surface area contributed by atoms with Crippen molar-refractivity contribution in [1.82, 2.24) is 14.7 Å². The van der Waals surface area contributed by atoms with Crippen LogP contribution in [-0.4, -0.2) is 89.0 Å². The van der Waals surface area contributed by atoms with Gasteiger partial charge in [-0.15, -0.1) is 0 Å². The molecule has 0 saturated heterocycles. The molecule has 0 amide bonds. The predicted molar refractivity (Wildman–Crippen MR) is 157 cm³/mol. The fourth-order valence-corrected chi connectivity index (χ4v) is 8.36. The van der Waals surface area contributed by atoms with Crippen molar-refractivity contribution in [2.45, 2.75) is 118 Å². The largest absolute Gasteiger partial charge is 0.420 e. The standard InChI is InChI=1S/C29H65N3OSi/c1-10-22-30(13-4)25-16-19-29(28-34(8,9)33-7,20-17-26-31(14-5)23-11-2)21-18-27-32(15-6)24-12-3/h10-28H2,1-9H3. The summed E-state index contributed by atoms with van der Waals surface area (Å²) in [4.78, 5) is 7.97. The van der Waals surface area contributed by atoms with E-state index in [1.807, 2.05) is 7.11 Å². The molecule has 0 radical (unpaired) electrons. The maximum atomic E-state index is 6.16. The van der Waals surface area contributed by atoms with Crippen LogP contribution in [0.5, 0.6) is 0 Å². The molecular weight excluding hydrogens is 434 g/mol. The maximum absolute atomic E-state index is 6.16. The summed E-state index contributed by atoms with van der Waals surface area (Å²) in [6.07, 6.45) is 11.9. The monoisotopic (exact) mass is 499 g/mol. The molecule has 0 aromatic heterocycles. The molecule has 0 aliphatic heterocycles. The summed E-state index contributed by atoms with van der Waals surface area (Å²) in [5.41, 5.74) is 0.439. The Kier molecular flexibility index (Phi) is 20.2. The smallest absolute Gasteiger partial charge is 0.186 e. The first-order chi connectivity index (χ1) is 16.2. The average molecular weight is 500 g/mol. The average Bonchev–Trinajstić information content (AvgIpc) is 2.82. The Balaban J connectivity index is 5.50. The molecular formula is C29H65N3OSi. The highest BCUT2D eigenvalue weighted by atomic mass is 28.4. The third-order valence-electron chi connectivity index (χ3n) is 7.86. The molecule has 0 saturated carbocycles. The van der Waals surface area contributed by atoms with E-state index in [0.29, 0.717) is 5.41 Å². The molecule has 4 nitrogen and oxygen atoms in total. The van der Waals surface area contributed by atoms with Crippen LogP contribution in [-0.2, 0) is 4.43 Å². The van der Waals surface area contributed by atoms with Gasteiger partial charge in [0, 0.05) is 7.11 Å². The Morgan fingerprint density at radius 3 is 1.12 bits per heavy atom. The summed E-state index contributed by atoms with van der Waals surface area (Å²) in [6, 6.07) is 1.32. The van der Waals surface area contributed by atoms with E-state index >= 15 is 0 Å². The van der Waals surface area contributed by atoms with Gasteiger partial charge >= 0.3 is 0 Å². The van der Waals surface area contributed by atoms with Crippen molar-refractivity contribution in [3.05, 3.63) is 0 Å². The second-order valence-electron chi connectivity index (χ2n) is 11.3. The first-order valence-electron chi connectivity index (χ1n) is 15.0. The molecule has 0 heterocycles. The van der Waals surface area contributed by atoms with Gasteiger partial charge in [0.1, 0.15) is 0 Å². The highest BCUT2D eigenvalue weighted by Crippen LogP contribution is 2.43. The molecule has 0 atom stereocenters. The summed E-state index contributed by atoms with van der Waals surface area (Å²) in [6.45, 7) is 29.9. The van der Waals surface area contributed by atoms with Gasteiger partial charge < -0.3 is 19.1 Å². The topological polar surface area (TPSA) is 19.0 Å². The van der Waals surface area contributed by atoms with Crippen molar-refractivity contribution >= 4 is 8.32 Å². The lowest BCUT2D eigenvalue weighted by atomic mass is 9.76. The molecule has 0 N–H and O–H groups in total. The van der Waals surface area contributed by atoms with E-state index in [4.69, 9.17) is 4.43 Å². The van der Waals surface area contributed by atoms with Crippen LogP contribution in [0.3, 0.4) is 0 Å². The Labute approximate surface area is 217 Å². The van der Waals surface area contributed by atoms with Crippen molar-refractivity contribution in [2.24, 2.45) is 5.41 Å². The Hall–Kier alpha value is 0.0569. The van der Waals surface area contributed by atoms with Crippen LogP contribution >= 0.6 is 0 Å². The third-order valence-corrected chi connectivity index (χ3v) is 10.6. The normalized spacial score (nSPS) is 13.1. The molecule has 0 aromatic rings. The van der Waals surface area contributed by atoms with Crippen LogP contribution in [0.25, 0.3) is 0 Å². The summed E-state index contributed by atoms with van der Waals surface area (Å²) >= 11 is 0. The molecule has 206 valence electrons. The number of rotatable bonds is 24. The Morgan fingerprint density at radius 1 is 0.559 bits per heavy atom. The summed E-state index contributed by atoms with van der Waals surface area (Å²) in [5, 5.41) is 0. The Bertz CT molecular complexity index is 410. The second kappa shape index (κ2) is 20.2. The van der Waals surface area contributed by atoms with Crippen molar-refractivity contribution in [3.63, 3.8) is 0 Å². The van der Waals surface area contributed by atoms with Gasteiger partial charge in [0.15, 0.2) is 8.32 Å². The minimum Gasteiger partial charge on any atom is -0.420 e. The SMILES string of the molecule is CCCN(CC)CCCC(CCCN(CC)CCC)(CCCN(CC)CCC)C[Si](C)(C)OC.